The van der Waals surface area contributed by atoms with Gasteiger partial charge in [0.25, 0.3) is 0 Å². The molecule has 6 atom stereocenters. The smallest absolute Gasteiger partial charge is 0.397 e. The van der Waals surface area contributed by atoms with Crippen molar-refractivity contribution in [1.82, 2.24) is 0 Å². The Bertz CT molecular complexity index is 1250. The van der Waals surface area contributed by atoms with Crippen molar-refractivity contribution in [2.24, 2.45) is 0 Å². The molecule has 0 amide bonds. The molecule has 0 aromatic carbocycles. The van der Waals surface area contributed by atoms with Gasteiger partial charge in [-0.25, -0.2) is 4.18 Å². The van der Waals surface area contributed by atoms with Crippen molar-refractivity contribution in [3.8, 4) is 0 Å². The third-order valence-electron chi connectivity index (χ3n) is 12.5. The van der Waals surface area contributed by atoms with Gasteiger partial charge in [-0.3, -0.25) is 9.35 Å². The molecule has 0 radical (unpaired) electrons. The molecule has 0 spiro atoms. The van der Waals surface area contributed by atoms with Gasteiger partial charge < -0.3 is 34.3 Å². The predicted molar refractivity (Wildman–Crippen MR) is 267 cm³/mol. The Labute approximate surface area is 403 Å². The highest BCUT2D eigenvalue weighted by Gasteiger charge is 2.48. The number of unbranched alkanes of at least 4 members (excludes halogenated alkanes) is 31. The SMILES string of the molecule is CCCCCC/C=C\CCCCCCCC(=O)OC(COCCCCCCCCCCCCCCCC/C=C\CCCCCCCCCC)COC1OC(CO)C(O)C(OS(=O)(=O)O)C1O. The maximum atomic E-state index is 12.9. The van der Waals surface area contributed by atoms with E-state index in [4.69, 9.17) is 18.9 Å². The second kappa shape index (κ2) is 44.8. The highest BCUT2D eigenvalue weighted by atomic mass is 32.3. The van der Waals surface area contributed by atoms with E-state index < -0.39 is 59.8 Å². The minimum atomic E-state index is -5.06. The van der Waals surface area contributed by atoms with E-state index in [0.29, 0.717) is 13.0 Å². The van der Waals surface area contributed by atoms with Gasteiger partial charge in [0.15, 0.2) is 6.29 Å². The molecule has 1 heterocycles. The van der Waals surface area contributed by atoms with Gasteiger partial charge in [-0.15, -0.1) is 0 Å². The van der Waals surface area contributed by atoms with Gasteiger partial charge in [-0.1, -0.05) is 199 Å². The summed E-state index contributed by atoms with van der Waals surface area (Å²) in [6.45, 7) is 4.00. The Morgan fingerprint density at radius 3 is 1.38 bits per heavy atom. The van der Waals surface area contributed by atoms with E-state index in [1.165, 1.54) is 161 Å². The zero-order chi connectivity index (χ0) is 48.2. The second-order valence-electron chi connectivity index (χ2n) is 18.8. The van der Waals surface area contributed by atoms with E-state index >= 15 is 0 Å². The normalized spacial score (nSPS) is 19.6. The van der Waals surface area contributed by atoms with Crippen LogP contribution in [0.25, 0.3) is 0 Å². The molecule has 66 heavy (non-hydrogen) atoms. The summed E-state index contributed by atoms with van der Waals surface area (Å²) in [4.78, 5) is 12.9. The summed E-state index contributed by atoms with van der Waals surface area (Å²) in [6.07, 6.45) is 43.7. The van der Waals surface area contributed by atoms with Gasteiger partial charge >= 0.3 is 16.4 Å². The number of aliphatic hydroxyl groups excluding tert-OH is 3. The molecule has 0 aromatic heterocycles. The van der Waals surface area contributed by atoms with Crippen molar-refractivity contribution in [2.45, 2.75) is 282 Å². The topological polar surface area (TPSA) is 178 Å². The number of aliphatic hydroxyl groups is 3. The Balaban J connectivity index is 2.26. The molecule has 1 fully saturated rings. The van der Waals surface area contributed by atoms with Crippen LogP contribution < -0.4 is 0 Å². The summed E-state index contributed by atoms with van der Waals surface area (Å²) in [5.41, 5.74) is 0. The van der Waals surface area contributed by atoms with Crippen molar-refractivity contribution in [3.05, 3.63) is 24.3 Å². The van der Waals surface area contributed by atoms with Gasteiger partial charge in [0.2, 0.25) is 0 Å². The molecular formula is C53H100O12S. The number of allylic oxidation sites excluding steroid dienone is 4. The minimum absolute atomic E-state index is 0.0362. The van der Waals surface area contributed by atoms with Crippen LogP contribution >= 0.6 is 0 Å². The van der Waals surface area contributed by atoms with Crippen molar-refractivity contribution >= 4 is 16.4 Å². The Kier molecular flexibility index (Phi) is 42.5. The highest BCUT2D eigenvalue weighted by molar-refractivity contribution is 7.80. The average molecular weight is 961 g/mol. The first kappa shape index (κ1) is 62.6. The van der Waals surface area contributed by atoms with Crippen molar-refractivity contribution in [3.63, 3.8) is 0 Å². The number of carbonyl (C=O) groups is 1. The average Bonchev–Trinajstić information content (AvgIpc) is 3.29. The first-order valence-electron chi connectivity index (χ1n) is 27.1. The molecule has 390 valence electrons. The lowest BCUT2D eigenvalue weighted by Crippen LogP contribution is -2.60. The molecule has 0 saturated carbocycles. The fraction of sp³-hybridized carbons (Fsp3) is 0.906. The first-order chi connectivity index (χ1) is 32.1. The van der Waals surface area contributed by atoms with Gasteiger partial charge in [-0.2, -0.15) is 8.42 Å². The minimum Gasteiger partial charge on any atom is -0.457 e. The molecule has 13 heteroatoms. The summed E-state index contributed by atoms with van der Waals surface area (Å²) < 4.78 is 59.2. The largest absolute Gasteiger partial charge is 0.457 e. The highest BCUT2D eigenvalue weighted by Crippen LogP contribution is 2.26. The quantitative estimate of drug-likeness (QED) is 0.0197. The van der Waals surface area contributed by atoms with Crippen molar-refractivity contribution < 1.29 is 56.2 Å². The predicted octanol–water partition coefficient (Wildman–Crippen LogP) is 12.8. The van der Waals surface area contributed by atoms with Gasteiger partial charge in [0.05, 0.1) is 19.8 Å². The van der Waals surface area contributed by atoms with Crippen molar-refractivity contribution in [1.29, 1.82) is 0 Å². The fourth-order valence-corrected chi connectivity index (χ4v) is 8.94. The molecule has 1 rings (SSSR count). The molecule has 4 N–H and O–H groups in total. The van der Waals surface area contributed by atoms with Crippen LogP contribution in [-0.4, -0.2) is 97.5 Å². The molecule has 0 bridgehead atoms. The summed E-state index contributed by atoms with van der Waals surface area (Å²) in [6, 6.07) is 0. The van der Waals surface area contributed by atoms with Crippen LogP contribution in [0.5, 0.6) is 0 Å². The lowest BCUT2D eigenvalue weighted by molar-refractivity contribution is -0.301. The maximum absolute atomic E-state index is 12.9. The Hall–Kier alpha value is -1.42. The summed E-state index contributed by atoms with van der Waals surface area (Å²) in [5.74, 6) is -0.405. The van der Waals surface area contributed by atoms with Crippen LogP contribution in [0.15, 0.2) is 24.3 Å². The zero-order valence-corrected chi connectivity index (χ0v) is 42.8. The monoisotopic (exact) mass is 961 g/mol. The molecule has 1 aliphatic rings. The molecule has 1 saturated heterocycles. The van der Waals surface area contributed by atoms with Crippen LogP contribution in [0.1, 0.15) is 245 Å². The van der Waals surface area contributed by atoms with Crippen LogP contribution in [-0.2, 0) is 38.3 Å². The summed E-state index contributed by atoms with van der Waals surface area (Å²) >= 11 is 0. The van der Waals surface area contributed by atoms with Gasteiger partial charge in [0.1, 0.15) is 30.5 Å². The Morgan fingerprint density at radius 1 is 0.561 bits per heavy atom. The number of esters is 1. The molecular weight excluding hydrogens is 861 g/mol. The van der Waals surface area contributed by atoms with E-state index in [1.807, 2.05) is 0 Å². The third kappa shape index (κ3) is 37.5. The number of ether oxygens (including phenoxy) is 4. The molecule has 0 aromatic rings. The number of carbonyl (C=O) groups excluding carboxylic acids is 1. The van der Waals surface area contributed by atoms with Crippen LogP contribution in [0.3, 0.4) is 0 Å². The van der Waals surface area contributed by atoms with Gasteiger partial charge in [0, 0.05) is 13.0 Å². The Morgan fingerprint density at radius 2 is 0.955 bits per heavy atom. The summed E-state index contributed by atoms with van der Waals surface area (Å²) in [5, 5.41) is 30.7. The van der Waals surface area contributed by atoms with E-state index in [1.54, 1.807) is 0 Å². The number of rotatable bonds is 48. The first-order valence-corrected chi connectivity index (χ1v) is 28.5. The van der Waals surface area contributed by atoms with Crippen molar-refractivity contribution in [2.75, 3.05) is 26.4 Å². The maximum Gasteiger partial charge on any atom is 0.397 e. The van der Waals surface area contributed by atoms with E-state index in [2.05, 4.69) is 42.3 Å². The number of hydrogen-bond acceptors (Lipinski definition) is 11. The van der Waals surface area contributed by atoms with E-state index in [0.717, 1.165) is 57.8 Å². The van der Waals surface area contributed by atoms with Crippen LogP contribution in [0, 0.1) is 0 Å². The lowest BCUT2D eigenvalue weighted by Gasteiger charge is -2.41. The lowest BCUT2D eigenvalue weighted by atomic mass is 9.99. The van der Waals surface area contributed by atoms with Crippen LogP contribution in [0.4, 0.5) is 0 Å². The molecule has 6 unspecified atom stereocenters. The number of hydrogen-bond donors (Lipinski definition) is 4. The third-order valence-corrected chi connectivity index (χ3v) is 13.0. The standard InChI is InChI=1S/C53H100O12S/c1-3-5-7-9-11-13-15-17-18-19-20-21-22-23-24-25-26-27-28-29-31-33-35-37-39-41-43-61-45-47(46-62-53-51(57)52(65-66(58,59)60)50(56)48(44-54)64-53)63-49(55)42-40-38-36-34-32-30-16-14-12-10-8-6-4-2/h14,16,19-20,47-48,50-54,56-57H,3-13,15,17-18,21-46H2,1-2H3,(H,58,59,60)/b16-14-,20-19-. The van der Waals surface area contributed by atoms with Crippen LogP contribution in [0.2, 0.25) is 0 Å². The van der Waals surface area contributed by atoms with Gasteiger partial charge in [-0.05, 0) is 64.2 Å². The molecule has 0 aliphatic carbocycles. The zero-order valence-electron chi connectivity index (χ0n) is 42.0. The fourth-order valence-electron chi connectivity index (χ4n) is 8.43. The van der Waals surface area contributed by atoms with E-state index in [9.17, 15) is 33.1 Å². The van der Waals surface area contributed by atoms with E-state index in [-0.39, 0.29) is 19.6 Å². The summed E-state index contributed by atoms with van der Waals surface area (Å²) in [7, 11) is -5.06. The molecule has 1 aliphatic heterocycles. The molecule has 12 nitrogen and oxygen atoms in total. The second-order valence-corrected chi connectivity index (χ2v) is 19.9.